The van der Waals surface area contributed by atoms with Gasteiger partial charge in [0.25, 0.3) is 5.91 Å². The molecule has 1 aliphatic heterocycles. The first-order chi connectivity index (χ1) is 14.0. The van der Waals surface area contributed by atoms with Gasteiger partial charge >= 0.3 is 6.03 Å². The number of aromatic nitrogens is 1. The Morgan fingerprint density at radius 3 is 2.55 bits per heavy atom. The van der Waals surface area contributed by atoms with Gasteiger partial charge in [0, 0.05) is 23.6 Å². The number of rotatable bonds is 5. The lowest BCUT2D eigenvalue weighted by Gasteiger charge is -2.12. The highest BCUT2D eigenvalue weighted by atomic mass is 19.1. The van der Waals surface area contributed by atoms with Gasteiger partial charge in [0.2, 0.25) is 0 Å². The molecule has 1 aromatic heterocycles. The number of hydrogen-bond acceptors (Lipinski definition) is 3. The van der Waals surface area contributed by atoms with Crippen molar-refractivity contribution in [1.29, 1.82) is 0 Å². The van der Waals surface area contributed by atoms with Crippen LogP contribution in [0, 0.1) is 5.82 Å². The number of carbonyl (C=O) groups is 2. The van der Waals surface area contributed by atoms with Crippen molar-refractivity contribution in [3.8, 4) is 11.4 Å². The van der Waals surface area contributed by atoms with Crippen LogP contribution in [-0.2, 0) is 11.3 Å². The molecule has 0 bridgehead atoms. The van der Waals surface area contributed by atoms with Gasteiger partial charge in [-0.3, -0.25) is 9.69 Å². The molecule has 0 atom stereocenters. The highest BCUT2D eigenvalue weighted by Crippen LogP contribution is 2.20. The van der Waals surface area contributed by atoms with E-state index in [1.54, 1.807) is 31.4 Å². The summed E-state index contributed by atoms with van der Waals surface area (Å²) in [5.74, 6) is -0.185. The number of imide groups is 1. The molecule has 0 radical (unpaired) electrons. The van der Waals surface area contributed by atoms with E-state index < -0.39 is 17.8 Å². The minimum Gasteiger partial charge on any atom is -0.497 e. The smallest absolute Gasteiger partial charge is 0.329 e. The summed E-state index contributed by atoms with van der Waals surface area (Å²) in [5, 5.41) is 2.56. The zero-order valence-electron chi connectivity index (χ0n) is 15.6. The van der Waals surface area contributed by atoms with Gasteiger partial charge in [-0.05, 0) is 48.0 Å². The molecule has 0 aliphatic carbocycles. The standard InChI is InChI=1S/C22H18FN3O3/c1-29-18-8-6-17(7-9-18)25-11-10-15(13-25)12-20-21(27)26(22(28)24-20)14-16-4-2-3-5-19(16)23/h2-13H,14H2,1H3,(H,24,28)/b20-12+. The topological polar surface area (TPSA) is 63.6 Å². The number of carbonyl (C=O) groups excluding carboxylic acids is 2. The fraction of sp³-hybridized carbons (Fsp3) is 0.0909. The minimum absolute atomic E-state index is 0.123. The van der Waals surface area contributed by atoms with E-state index >= 15 is 0 Å². The van der Waals surface area contributed by atoms with E-state index in [-0.39, 0.29) is 17.8 Å². The van der Waals surface area contributed by atoms with E-state index in [0.29, 0.717) is 0 Å². The van der Waals surface area contributed by atoms with Crippen LogP contribution in [0.25, 0.3) is 11.8 Å². The van der Waals surface area contributed by atoms with E-state index in [2.05, 4.69) is 5.32 Å². The Morgan fingerprint density at radius 2 is 1.83 bits per heavy atom. The van der Waals surface area contributed by atoms with Crippen LogP contribution in [0.4, 0.5) is 9.18 Å². The molecule has 0 saturated carbocycles. The van der Waals surface area contributed by atoms with Crippen molar-refractivity contribution in [3.63, 3.8) is 0 Å². The van der Waals surface area contributed by atoms with Gasteiger partial charge in [-0.2, -0.15) is 0 Å². The summed E-state index contributed by atoms with van der Waals surface area (Å²) in [6.07, 6.45) is 5.29. The van der Waals surface area contributed by atoms with E-state index in [1.807, 2.05) is 47.3 Å². The number of urea groups is 1. The molecule has 2 heterocycles. The Labute approximate surface area is 166 Å². The maximum Gasteiger partial charge on any atom is 0.329 e. The highest BCUT2D eigenvalue weighted by molar-refractivity contribution is 6.13. The first-order valence-electron chi connectivity index (χ1n) is 8.95. The van der Waals surface area contributed by atoms with Crippen molar-refractivity contribution in [2.24, 2.45) is 0 Å². The third-order valence-corrected chi connectivity index (χ3v) is 4.65. The Bertz CT molecular complexity index is 1100. The first-order valence-corrected chi connectivity index (χ1v) is 8.95. The predicted molar refractivity (Wildman–Crippen MR) is 106 cm³/mol. The zero-order chi connectivity index (χ0) is 20.4. The third kappa shape index (κ3) is 3.75. The van der Waals surface area contributed by atoms with Crippen LogP contribution in [0.1, 0.15) is 11.1 Å². The first kappa shape index (κ1) is 18.5. The minimum atomic E-state index is -0.570. The lowest BCUT2D eigenvalue weighted by molar-refractivity contribution is -0.123. The summed E-state index contributed by atoms with van der Waals surface area (Å²) in [6, 6.07) is 14.9. The molecule has 7 heteroatoms. The van der Waals surface area contributed by atoms with Gasteiger partial charge in [-0.25, -0.2) is 9.18 Å². The van der Waals surface area contributed by atoms with Crippen LogP contribution in [0.2, 0.25) is 0 Å². The molecule has 1 aliphatic rings. The van der Waals surface area contributed by atoms with Crippen LogP contribution in [-0.4, -0.2) is 28.5 Å². The average molecular weight is 391 g/mol. The fourth-order valence-electron chi connectivity index (χ4n) is 3.09. The summed E-state index contributed by atoms with van der Waals surface area (Å²) in [6.45, 7) is -0.123. The Kier molecular flexibility index (Phi) is 4.87. The number of nitrogens with one attached hydrogen (secondary N) is 1. The monoisotopic (exact) mass is 391 g/mol. The van der Waals surface area contributed by atoms with Gasteiger partial charge in [0.05, 0.1) is 13.7 Å². The van der Waals surface area contributed by atoms with Crippen LogP contribution in [0.3, 0.4) is 0 Å². The van der Waals surface area contributed by atoms with Crippen molar-refractivity contribution in [2.45, 2.75) is 6.54 Å². The molecule has 0 unspecified atom stereocenters. The molecule has 2 aromatic carbocycles. The molecular formula is C22H18FN3O3. The van der Waals surface area contributed by atoms with Gasteiger partial charge in [-0.15, -0.1) is 0 Å². The van der Waals surface area contributed by atoms with Crippen LogP contribution >= 0.6 is 0 Å². The Hall–Kier alpha value is -3.87. The second-order valence-electron chi connectivity index (χ2n) is 6.52. The van der Waals surface area contributed by atoms with Crippen molar-refractivity contribution in [2.75, 3.05) is 7.11 Å². The van der Waals surface area contributed by atoms with Gasteiger partial charge < -0.3 is 14.6 Å². The number of halogens is 1. The zero-order valence-corrected chi connectivity index (χ0v) is 15.6. The fourth-order valence-corrected chi connectivity index (χ4v) is 3.09. The summed E-state index contributed by atoms with van der Waals surface area (Å²) >= 11 is 0. The third-order valence-electron chi connectivity index (χ3n) is 4.65. The van der Waals surface area contributed by atoms with Crippen LogP contribution < -0.4 is 10.1 Å². The average Bonchev–Trinajstić information content (AvgIpc) is 3.30. The number of amides is 3. The SMILES string of the molecule is COc1ccc(-n2ccc(/C=C3/NC(=O)N(Cc4ccccc4F)C3=O)c2)cc1. The summed E-state index contributed by atoms with van der Waals surface area (Å²) in [7, 11) is 1.61. The van der Waals surface area contributed by atoms with Crippen molar-refractivity contribution >= 4 is 18.0 Å². The second-order valence-corrected chi connectivity index (χ2v) is 6.52. The highest BCUT2D eigenvalue weighted by Gasteiger charge is 2.34. The van der Waals surface area contributed by atoms with Crippen LogP contribution in [0.5, 0.6) is 5.75 Å². The molecule has 1 N–H and O–H groups in total. The van der Waals surface area contributed by atoms with Gasteiger partial charge in [-0.1, -0.05) is 18.2 Å². The molecule has 3 aromatic rings. The van der Waals surface area contributed by atoms with E-state index in [4.69, 9.17) is 4.74 Å². The van der Waals surface area contributed by atoms with Crippen molar-refractivity contribution in [3.05, 3.63) is 89.6 Å². The molecule has 0 spiro atoms. The number of nitrogens with zero attached hydrogens (tertiary/aromatic N) is 2. The molecule has 6 nitrogen and oxygen atoms in total. The van der Waals surface area contributed by atoms with Crippen molar-refractivity contribution in [1.82, 2.24) is 14.8 Å². The maximum atomic E-state index is 13.9. The van der Waals surface area contributed by atoms with Gasteiger partial charge in [0.15, 0.2) is 0 Å². The predicted octanol–water partition coefficient (Wildman–Crippen LogP) is 3.72. The number of ether oxygens (including phenoxy) is 1. The molecule has 146 valence electrons. The molecule has 4 rings (SSSR count). The molecular weight excluding hydrogens is 373 g/mol. The van der Waals surface area contributed by atoms with E-state index in [0.717, 1.165) is 21.9 Å². The quantitative estimate of drug-likeness (QED) is 0.533. The van der Waals surface area contributed by atoms with Crippen LogP contribution in [0.15, 0.2) is 72.7 Å². The summed E-state index contributed by atoms with van der Waals surface area (Å²) in [4.78, 5) is 25.8. The van der Waals surface area contributed by atoms with E-state index in [9.17, 15) is 14.0 Å². The molecule has 1 fully saturated rings. The summed E-state index contributed by atoms with van der Waals surface area (Å²) < 4.78 is 20.9. The Morgan fingerprint density at radius 1 is 1.07 bits per heavy atom. The lowest BCUT2D eigenvalue weighted by atomic mass is 10.2. The number of benzene rings is 2. The van der Waals surface area contributed by atoms with Crippen molar-refractivity contribution < 1.29 is 18.7 Å². The summed E-state index contributed by atoms with van der Waals surface area (Å²) in [5.41, 5.74) is 2.11. The largest absolute Gasteiger partial charge is 0.497 e. The normalized spacial score (nSPS) is 15.1. The molecule has 3 amide bonds. The molecule has 29 heavy (non-hydrogen) atoms. The Balaban J connectivity index is 1.53. The number of methoxy groups -OCH3 is 1. The lowest BCUT2D eigenvalue weighted by Crippen LogP contribution is -2.30. The second kappa shape index (κ2) is 7.63. The molecule has 1 saturated heterocycles. The maximum absolute atomic E-state index is 13.9. The van der Waals surface area contributed by atoms with E-state index in [1.165, 1.54) is 6.07 Å². The number of hydrogen-bond donors (Lipinski definition) is 1. The van der Waals surface area contributed by atoms with Gasteiger partial charge in [0.1, 0.15) is 17.3 Å².